The number of amides is 2. The van der Waals surface area contributed by atoms with E-state index < -0.39 is 41.2 Å². The van der Waals surface area contributed by atoms with Crippen LogP contribution in [-0.2, 0) is 30.6 Å². The van der Waals surface area contributed by atoms with Gasteiger partial charge in [0.25, 0.3) is 11.5 Å². The van der Waals surface area contributed by atoms with Gasteiger partial charge in [-0.05, 0) is 50.6 Å². The molecule has 0 aliphatic carbocycles. The second kappa shape index (κ2) is 13.6. The Labute approximate surface area is 236 Å². The first-order valence-corrected chi connectivity index (χ1v) is 13.3. The number of hydrogen-bond donors (Lipinski definition) is 2. The van der Waals surface area contributed by atoms with Gasteiger partial charge in [0, 0.05) is 12.7 Å². The largest absolute Gasteiger partial charge is 0.433 e. The van der Waals surface area contributed by atoms with Crippen molar-refractivity contribution in [1.82, 2.24) is 34.8 Å². The number of likely N-dealkylation sites (tertiary alicyclic amines) is 1. The van der Waals surface area contributed by atoms with Crippen LogP contribution in [0.15, 0.2) is 41.5 Å². The molecule has 1 aliphatic heterocycles. The Morgan fingerprint density at radius 1 is 1.10 bits per heavy atom. The summed E-state index contributed by atoms with van der Waals surface area (Å²) in [6.45, 7) is 0.888. The van der Waals surface area contributed by atoms with Gasteiger partial charge in [-0.1, -0.05) is 17.7 Å². The van der Waals surface area contributed by atoms with E-state index in [4.69, 9.17) is 0 Å². The van der Waals surface area contributed by atoms with Crippen molar-refractivity contribution in [3.8, 4) is 0 Å². The number of aromatic nitrogens is 5. The van der Waals surface area contributed by atoms with Crippen molar-refractivity contribution in [3.05, 3.63) is 69.9 Å². The number of nitrogens with zero attached hydrogens (tertiary/aromatic N) is 6. The number of alkyl halides is 4. The number of pyridine rings is 2. The second-order valence-electron chi connectivity index (χ2n) is 9.83. The van der Waals surface area contributed by atoms with E-state index in [2.05, 4.69) is 25.9 Å². The summed E-state index contributed by atoms with van der Waals surface area (Å²) in [5.74, 6) is -2.32. The van der Waals surface area contributed by atoms with Gasteiger partial charge in [-0.25, -0.2) is 14.1 Å². The normalized spacial score (nSPS) is 14.9. The molecule has 1 fully saturated rings. The quantitative estimate of drug-likeness (QED) is 0.326. The maximum atomic E-state index is 14.6. The van der Waals surface area contributed by atoms with E-state index in [0.717, 1.165) is 53.9 Å². The maximum Gasteiger partial charge on any atom is 0.433 e. The molecule has 0 radical (unpaired) electrons. The minimum Gasteiger partial charge on any atom is -0.345 e. The Kier molecular flexibility index (Phi) is 9.98. The molecule has 1 aliphatic rings. The fraction of sp³-hybridized carbons (Fsp3) is 0.462. The van der Waals surface area contributed by atoms with Crippen LogP contribution in [0.2, 0.25) is 0 Å². The molecule has 1 saturated heterocycles. The summed E-state index contributed by atoms with van der Waals surface area (Å²) in [7, 11) is 0. The first-order chi connectivity index (χ1) is 20.0. The summed E-state index contributed by atoms with van der Waals surface area (Å²) < 4.78 is 69.7. The third kappa shape index (κ3) is 8.41. The van der Waals surface area contributed by atoms with Gasteiger partial charge in [-0.3, -0.25) is 19.3 Å². The van der Waals surface area contributed by atoms with Crippen LogP contribution in [0.25, 0.3) is 0 Å². The molecule has 2 N–H and O–H groups in total. The van der Waals surface area contributed by atoms with Crippen LogP contribution in [0.4, 0.5) is 27.6 Å². The molecule has 4 rings (SSSR count). The average Bonchev–Trinajstić information content (AvgIpc) is 3.42. The molecule has 3 aromatic heterocycles. The van der Waals surface area contributed by atoms with Crippen LogP contribution < -0.4 is 16.2 Å². The number of anilines is 1. The first kappa shape index (κ1) is 30.7. The first-order valence-electron chi connectivity index (χ1n) is 13.3. The smallest absolute Gasteiger partial charge is 0.345 e. The van der Waals surface area contributed by atoms with Crippen LogP contribution in [0.5, 0.6) is 0 Å². The monoisotopic (exact) mass is 596 g/mol. The molecular formula is C26H29F5N8O3. The van der Waals surface area contributed by atoms with E-state index in [1.165, 1.54) is 24.4 Å². The molecule has 226 valence electrons. The molecule has 4 heterocycles. The number of carbonyl (C=O) groups is 2. The van der Waals surface area contributed by atoms with Gasteiger partial charge in [0.05, 0.1) is 37.2 Å². The van der Waals surface area contributed by atoms with Crippen molar-refractivity contribution in [2.24, 2.45) is 0 Å². The number of nitrogens with one attached hydrogen (secondary N) is 2. The number of hydrogen-bond acceptors (Lipinski definition) is 7. The lowest BCUT2D eigenvalue weighted by molar-refractivity contribution is -0.141. The van der Waals surface area contributed by atoms with Crippen molar-refractivity contribution in [1.29, 1.82) is 0 Å². The van der Waals surface area contributed by atoms with Crippen molar-refractivity contribution in [2.75, 3.05) is 25.0 Å². The number of aryl methyl sites for hydroxylation is 1. The predicted octanol–water partition coefficient (Wildman–Crippen LogP) is 2.78. The summed E-state index contributed by atoms with van der Waals surface area (Å²) in [5, 5.41) is 12.1. The van der Waals surface area contributed by atoms with Crippen LogP contribution in [0, 0.1) is 5.82 Å². The van der Waals surface area contributed by atoms with Gasteiger partial charge in [0.15, 0.2) is 5.69 Å². The molecule has 1 atom stereocenters. The van der Waals surface area contributed by atoms with Gasteiger partial charge in [-0.2, -0.15) is 17.6 Å². The molecular weight excluding hydrogens is 567 g/mol. The van der Waals surface area contributed by atoms with Crippen LogP contribution in [0.3, 0.4) is 0 Å². The molecule has 0 bridgehead atoms. The lowest BCUT2D eigenvalue weighted by Gasteiger charge is -2.25. The highest BCUT2D eigenvalue weighted by atomic mass is 19.4. The second-order valence-corrected chi connectivity index (χ2v) is 9.83. The molecule has 42 heavy (non-hydrogen) atoms. The van der Waals surface area contributed by atoms with E-state index in [-0.39, 0.29) is 49.7 Å². The zero-order valence-electron chi connectivity index (χ0n) is 22.4. The molecule has 11 nitrogen and oxygen atoms in total. The van der Waals surface area contributed by atoms with Crippen molar-refractivity contribution in [2.45, 2.75) is 57.7 Å². The Balaban J connectivity index is 1.25. The van der Waals surface area contributed by atoms with Crippen molar-refractivity contribution in [3.63, 3.8) is 0 Å². The Bertz CT molecular complexity index is 1450. The molecule has 16 heteroatoms. The number of carbonyl (C=O) groups excluding carboxylic acids is 2. The Morgan fingerprint density at radius 3 is 2.60 bits per heavy atom. The van der Waals surface area contributed by atoms with Crippen molar-refractivity contribution >= 4 is 17.5 Å². The molecule has 0 saturated carbocycles. The summed E-state index contributed by atoms with van der Waals surface area (Å²) >= 11 is 0. The minimum atomic E-state index is -4.62. The van der Waals surface area contributed by atoms with E-state index >= 15 is 0 Å². The summed E-state index contributed by atoms with van der Waals surface area (Å²) in [5.41, 5.74) is -2.55. The van der Waals surface area contributed by atoms with E-state index in [1.807, 2.05) is 4.90 Å². The lowest BCUT2D eigenvalue weighted by atomic mass is 10.1. The topological polar surface area (TPSA) is 127 Å². The number of piperidine rings is 1. The summed E-state index contributed by atoms with van der Waals surface area (Å²) in [4.78, 5) is 42.4. The van der Waals surface area contributed by atoms with Crippen molar-refractivity contribution < 1.29 is 31.5 Å². The predicted molar refractivity (Wildman–Crippen MR) is 140 cm³/mol. The van der Waals surface area contributed by atoms with Gasteiger partial charge in [0.2, 0.25) is 11.7 Å². The van der Waals surface area contributed by atoms with Gasteiger partial charge in [-0.15, -0.1) is 5.10 Å². The average molecular weight is 597 g/mol. The van der Waals surface area contributed by atoms with E-state index in [1.54, 1.807) is 0 Å². The fourth-order valence-corrected chi connectivity index (χ4v) is 4.39. The third-order valence-electron chi connectivity index (χ3n) is 6.56. The zero-order chi connectivity index (χ0) is 30.3. The zero-order valence-corrected chi connectivity index (χ0v) is 22.4. The summed E-state index contributed by atoms with van der Waals surface area (Å²) in [6, 6.07) is 4.54. The third-order valence-corrected chi connectivity index (χ3v) is 6.56. The highest BCUT2D eigenvalue weighted by Crippen LogP contribution is 2.27. The molecule has 1 unspecified atom stereocenters. The molecule has 2 amide bonds. The molecule has 3 aromatic rings. The maximum absolute atomic E-state index is 14.6. The van der Waals surface area contributed by atoms with Crippen LogP contribution in [0.1, 0.15) is 47.6 Å². The Hall–Kier alpha value is -4.21. The van der Waals surface area contributed by atoms with Gasteiger partial charge in [0.1, 0.15) is 11.9 Å². The highest BCUT2D eigenvalue weighted by Gasteiger charge is 2.32. The van der Waals surface area contributed by atoms with Crippen LogP contribution >= 0.6 is 0 Å². The van der Waals surface area contributed by atoms with E-state index in [0.29, 0.717) is 0 Å². The Morgan fingerprint density at radius 2 is 1.86 bits per heavy atom. The van der Waals surface area contributed by atoms with Gasteiger partial charge >= 0.3 is 6.18 Å². The fourth-order valence-electron chi connectivity index (χ4n) is 4.39. The SMILES string of the molecule is O=C(CN1CCCCC1)Nc1ccn(CCC(F)Cn2cc(C(=O)NCc3cccc(C(F)(F)F)n3)nn2)c(=O)c1F. The summed E-state index contributed by atoms with van der Waals surface area (Å²) in [6.07, 6.45) is -0.842. The minimum absolute atomic E-state index is 0.0195. The van der Waals surface area contributed by atoms with Gasteiger partial charge < -0.3 is 15.2 Å². The number of rotatable bonds is 11. The standard InChI is InChI=1S/C26H29F5N8O3/c27-17(7-11-38-12-8-19(23(28)25(38)42)34-22(40)16-37-9-2-1-3-10-37)14-39-15-20(35-36-39)24(41)32-13-18-5-4-6-21(33-18)26(29,30)31/h4-6,8,12,15,17H,1-3,7,9-11,13-14,16H2,(H,32,41)(H,34,40). The molecule has 0 spiro atoms. The molecule has 0 aromatic carbocycles. The van der Waals surface area contributed by atoms with E-state index in [9.17, 15) is 36.3 Å². The van der Waals surface area contributed by atoms with Crippen LogP contribution in [-0.4, -0.2) is 67.1 Å². The highest BCUT2D eigenvalue weighted by molar-refractivity contribution is 5.92. The lowest BCUT2D eigenvalue weighted by Crippen LogP contribution is -2.37. The number of halogens is 5.